The van der Waals surface area contributed by atoms with Gasteiger partial charge in [0.1, 0.15) is 5.82 Å². The molecule has 2 unspecified atom stereocenters. The van der Waals surface area contributed by atoms with Crippen LogP contribution in [0.25, 0.3) is 11.0 Å². The molecule has 1 fully saturated rings. The fraction of sp³-hybridized carbons (Fsp3) is 0.364. The van der Waals surface area contributed by atoms with Crippen LogP contribution in [0.2, 0.25) is 0 Å². The van der Waals surface area contributed by atoms with E-state index in [-0.39, 0.29) is 18.0 Å². The van der Waals surface area contributed by atoms with Crippen LogP contribution in [0.15, 0.2) is 54.6 Å². The largest absolute Gasteiger partial charge is 0.332 e. The van der Waals surface area contributed by atoms with Crippen molar-refractivity contribution in [1.29, 1.82) is 0 Å². The van der Waals surface area contributed by atoms with Gasteiger partial charge in [0, 0.05) is 25.6 Å². The van der Waals surface area contributed by atoms with Gasteiger partial charge < -0.3 is 15.2 Å². The number of fused-ring (bicyclic) bond motifs is 1. The van der Waals surface area contributed by atoms with Gasteiger partial charge in [0.25, 0.3) is 0 Å². The Bertz CT molecular complexity index is 934. The first kappa shape index (κ1) is 17.7. The van der Waals surface area contributed by atoms with Gasteiger partial charge >= 0.3 is 0 Å². The van der Waals surface area contributed by atoms with Crippen LogP contribution >= 0.6 is 0 Å². The van der Waals surface area contributed by atoms with E-state index in [0.717, 1.165) is 48.4 Å². The highest BCUT2D eigenvalue weighted by Crippen LogP contribution is 2.34. The number of rotatable bonds is 5. The first-order valence-electron chi connectivity index (χ1n) is 9.74. The third kappa shape index (κ3) is 3.35. The predicted molar refractivity (Wildman–Crippen MR) is 107 cm³/mol. The molecule has 5 nitrogen and oxygen atoms in total. The lowest BCUT2D eigenvalue weighted by atomic mass is 10.0. The van der Waals surface area contributed by atoms with Gasteiger partial charge in [-0.3, -0.25) is 4.79 Å². The van der Waals surface area contributed by atoms with Gasteiger partial charge in [0.2, 0.25) is 5.91 Å². The van der Waals surface area contributed by atoms with E-state index >= 15 is 0 Å². The van der Waals surface area contributed by atoms with Crippen molar-refractivity contribution in [3.05, 3.63) is 66.0 Å². The summed E-state index contributed by atoms with van der Waals surface area (Å²) in [6, 6.07) is 17.8. The molecule has 0 saturated carbocycles. The molecule has 5 heteroatoms. The summed E-state index contributed by atoms with van der Waals surface area (Å²) in [6.45, 7) is 3.75. The van der Waals surface area contributed by atoms with Crippen molar-refractivity contribution in [1.82, 2.24) is 14.5 Å². The minimum absolute atomic E-state index is 0.0350. The third-order valence-corrected chi connectivity index (χ3v) is 5.49. The van der Waals surface area contributed by atoms with E-state index in [1.165, 1.54) is 0 Å². The number of carbonyl (C=O) groups is 1. The van der Waals surface area contributed by atoms with Crippen molar-refractivity contribution in [2.45, 2.75) is 44.8 Å². The van der Waals surface area contributed by atoms with Crippen molar-refractivity contribution in [2.24, 2.45) is 5.73 Å². The van der Waals surface area contributed by atoms with Crippen LogP contribution in [0.1, 0.15) is 49.7 Å². The number of carbonyl (C=O) groups excluding carboxylic acids is 1. The standard InChI is InChI=1S/C22H26N4O/c1-2-25-19-12-7-6-11-18(19)24-22(25)20-13-8-14-26(20)21(27)15-17(23)16-9-4-3-5-10-16/h3-7,9-12,17,20H,2,8,13-15,23H2,1H3. The summed E-state index contributed by atoms with van der Waals surface area (Å²) in [6.07, 6.45) is 2.28. The van der Waals surface area contributed by atoms with Crippen LogP contribution in [-0.2, 0) is 11.3 Å². The minimum atomic E-state index is -0.273. The number of amides is 1. The van der Waals surface area contributed by atoms with E-state index in [9.17, 15) is 4.79 Å². The summed E-state index contributed by atoms with van der Waals surface area (Å²) in [5.74, 6) is 1.11. The summed E-state index contributed by atoms with van der Waals surface area (Å²) in [7, 11) is 0. The molecule has 2 aromatic carbocycles. The van der Waals surface area contributed by atoms with Gasteiger partial charge in [0.05, 0.1) is 17.1 Å². The fourth-order valence-corrected chi connectivity index (χ4v) is 4.14. The number of aryl methyl sites for hydroxylation is 1. The molecule has 27 heavy (non-hydrogen) atoms. The van der Waals surface area contributed by atoms with Crippen LogP contribution < -0.4 is 5.73 Å². The van der Waals surface area contributed by atoms with Gasteiger partial charge in [-0.1, -0.05) is 42.5 Å². The second-order valence-corrected chi connectivity index (χ2v) is 7.17. The van der Waals surface area contributed by atoms with Crippen molar-refractivity contribution >= 4 is 16.9 Å². The quantitative estimate of drug-likeness (QED) is 0.751. The van der Waals surface area contributed by atoms with Gasteiger partial charge in [0.15, 0.2) is 0 Å². The lowest BCUT2D eigenvalue weighted by Gasteiger charge is -2.26. The first-order chi connectivity index (χ1) is 13.2. The number of hydrogen-bond acceptors (Lipinski definition) is 3. The normalized spacial score (nSPS) is 18.1. The van der Waals surface area contributed by atoms with Crippen LogP contribution in [0, 0.1) is 0 Å². The smallest absolute Gasteiger partial charge is 0.225 e. The molecular weight excluding hydrogens is 336 g/mol. The van der Waals surface area contributed by atoms with Gasteiger partial charge in [-0.25, -0.2) is 4.98 Å². The van der Waals surface area contributed by atoms with Gasteiger partial charge in [-0.05, 0) is 37.5 Å². The molecule has 0 aliphatic carbocycles. The summed E-state index contributed by atoms with van der Waals surface area (Å²) in [5, 5.41) is 0. The maximum atomic E-state index is 13.0. The van der Waals surface area contributed by atoms with Gasteiger partial charge in [-0.2, -0.15) is 0 Å². The zero-order chi connectivity index (χ0) is 18.8. The van der Waals surface area contributed by atoms with Gasteiger partial charge in [-0.15, -0.1) is 0 Å². The molecule has 1 amide bonds. The number of benzene rings is 2. The second-order valence-electron chi connectivity index (χ2n) is 7.17. The molecular formula is C22H26N4O. The molecule has 1 saturated heterocycles. The van der Waals surface area contributed by atoms with E-state index in [1.807, 2.05) is 53.4 Å². The number of likely N-dealkylation sites (tertiary alicyclic amines) is 1. The molecule has 0 bridgehead atoms. The summed E-state index contributed by atoms with van der Waals surface area (Å²) >= 11 is 0. The Morgan fingerprint density at radius 1 is 1.19 bits per heavy atom. The Labute approximate surface area is 159 Å². The zero-order valence-corrected chi connectivity index (χ0v) is 15.7. The highest BCUT2D eigenvalue weighted by atomic mass is 16.2. The summed E-state index contributed by atoms with van der Waals surface area (Å²) < 4.78 is 2.24. The zero-order valence-electron chi connectivity index (χ0n) is 15.7. The second kappa shape index (κ2) is 7.53. The van der Waals surface area contributed by atoms with Crippen LogP contribution in [0.5, 0.6) is 0 Å². The van der Waals surface area contributed by atoms with Crippen molar-refractivity contribution in [2.75, 3.05) is 6.54 Å². The van der Waals surface area contributed by atoms with E-state index in [0.29, 0.717) is 6.42 Å². The lowest BCUT2D eigenvalue weighted by Crippen LogP contribution is -2.34. The van der Waals surface area contributed by atoms with Crippen LogP contribution in [0.3, 0.4) is 0 Å². The fourth-order valence-electron chi connectivity index (χ4n) is 4.14. The molecule has 140 valence electrons. The number of para-hydroxylation sites is 2. The first-order valence-corrected chi connectivity index (χ1v) is 9.74. The molecule has 4 rings (SSSR count). The Morgan fingerprint density at radius 2 is 1.93 bits per heavy atom. The van der Waals surface area contributed by atoms with E-state index < -0.39 is 0 Å². The maximum Gasteiger partial charge on any atom is 0.225 e. The van der Waals surface area contributed by atoms with E-state index in [2.05, 4.69) is 17.6 Å². The molecule has 1 aromatic heterocycles. The molecule has 1 aliphatic heterocycles. The van der Waals surface area contributed by atoms with Crippen LogP contribution in [0.4, 0.5) is 0 Å². The number of nitrogens with zero attached hydrogens (tertiary/aromatic N) is 3. The highest BCUT2D eigenvalue weighted by Gasteiger charge is 2.34. The number of nitrogens with two attached hydrogens (primary N) is 1. The Hall–Kier alpha value is -2.66. The number of aromatic nitrogens is 2. The van der Waals surface area contributed by atoms with Crippen molar-refractivity contribution in [3.63, 3.8) is 0 Å². The number of hydrogen-bond donors (Lipinski definition) is 1. The third-order valence-electron chi connectivity index (χ3n) is 5.49. The minimum Gasteiger partial charge on any atom is -0.332 e. The predicted octanol–water partition coefficient (Wildman–Crippen LogP) is 3.81. The Morgan fingerprint density at radius 3 is 2.70 bits per heavy atom. The number of imidazole rings is 1. The average Bonchev–Trinajstić information content (AvgIpc) is 3.32. The van der Waals surface area contributed by atoms with Crippen molar-refractivity contribution < 1.29 is 4.79 Å². The average molecular weight is 362 g/mol. The van der Waals surface area contributed by atoms with E-state index in [1.54, 1.807) is 0 Å². The highest BCUT2D eigenvalue weighted by molar-refractivity contribution is 5.79. The molecule has 2 heterocycles. The van der Waals surface area contributed by atoms with Crippen LogP contribution in [-0.4, -0.2) is 26.9 Å². The molecule has 0 radical (unpaired) electrons. The topological polar surface area (TPSA) is 64.2 Å². The summed E-state index contributed by atoms with van der Waals surface area (Å²) in [5.41, 5.74) is 9.43. The SMILES string of the molecule is CCn1c(C2CCCN2C(=O)CC(N)c2ccccc2)nc2ccccc21. The Kier molecular flexibility index (Phi) is 4.94. The monoisotopic (exact) mass is 362 g/mol. The molecule has 1 aliphatic rings. The lowest BCUT2D eigenvalue weighted by molar-refractivity contribution is -0.132. The molecule has 2 atom stereocenters. The van der Waals surface area contributed by atoms with E-state index in [4.69, 9.17) is 10.7 Å². The summed E-state index contributed by atoms with van der Waals surface area (Å²) in [4.78, 5) is 19.9. The molecule has 2 N–H and O–H groups in total. The van der Waals surface area contributed by atoms with Crippen molar-refractivity contribution in [3.8, 4) is 0 Å². The molecule has 3 aromatic rings. The maximum absolute atomic E-state index is 13.0. The Balaban J connectivity index is 1.58. The molecule has 0 spiro atoms.